The lowest BCUT2D eigenvalue weighted by Gasteiger charge is -2.30. The van der Waals surface area contributed by atoms with Crippen LogP contribution < -0.4 is 5.32 Å². The Morgan fingerprint density at radius 3 is 2.25 bits per heavy atom. The average molecular weight is 287 g/mol. The van der Waals surface area contributed by atoms with E-state index >= 15 is 0 Å². The van der Waals surface area contributed by atoms with Crippen LogP contribution in [-0.4, -0.2) is 12.1 Å². The van der Waals surface area contributed by atoms with Gasteiger partial charge in [-0.2, -0.15) is 13.2 Å². The Hall–Kier alpha value is -1.52. The van der Waals surface area contributed by atoms with Crippen molar-refractivity contribution in [1.82, 2.24) is 5.32 Å². The number of hydrogen-bond donors (Lipinski definition) is 1. The Morgan fingerprint density at radius 2 is 1.70 bits per heavy atom. The van der Waals surface area contributed by atoms with Crippen LogP contribution >= 0.6 is 0 Å². The van der Waals surface area contributed by atoms with Crippen molar-refractivity contribution in [3.8, 4) is 0 Å². The van der Waals surface area contributed by atoms with E-state index < -0.39 is 18.1 Å². The van der Waals surface area contributed by atoms with Crippen molar-refractivity contribution in [2.24, 2.45) is 0 Å². The molecule has 1 aromatic carbocycles. The van der Waals surface area contributed by atoms with Crippen molar-refractivity contribution in [3.63, 3.8) is 0 Å². The van der Waals surface area contributed by atoms with Crippen LogP contribution in [0.5, 0.6) is 0 Å². The quantitative estimate of drug-likeness (QED) is 0.818. The summed E-state index contributed by atoms with van der Waals surface area (Å²) in [6, 6.07) is 6.80. The summed E-state index contributed by atoms with van der Waals surface area (Å²) < 4.78 is 36.7. The number of nitrogens with one attached hydrogen (secondary N) is 1. The maximum atomic E-state index is 12.2. The van der Waals surface area contributed by atoms with Crippen LogP contribution in [-0.2, 0) is 4.79 Å². The van der Waals surface area contributed by atoms with Gasteiger partial charge in [-0.15, -0.1) is 0 Å². The molecule has 0 radical (unpaired) electrons. The molecule has 1 N–H and O–H groups in total. The van der Waals surface area contributed by atoms with Gasteiger partial charge in [0.25, 0.3) is 0 Å². The van der Waals surface area contributed by atoms with Gasteiger partial charge in [0.1, 0.15) is 0 Å². The Balaban J connectivity index is 0.000000956. The number of halogens is 3. The zero-order valence-corrected chi connectivity index (χ0v) is 11.9. The number of carbonyl (C=O) groups is 1. The summed E-state index contributed by atoms with van der Waals surface area (Å²) in [6.07, 6.45) is -3.50. The van der Waals surface area contributed by atoms with E-state index in [9.17, 15) is 18.0 Å². The minimum absolute atomic E-state index is 0.320. The third kappa shape index (κ3) is 3.74. The molecule has 112 valence electrons. The third-order valence-electron chi connectivity index (χ3n) is 3.35. The molecule has 20 heavy (non-hydrogen) atoms. The largest absolute Gasteiger partial charge is 0.471 e. The molecule has 1 amide bonds. The summed E-state index contributed by atoms with van der Waals surface area (Å²) in [7, 11) is 0. The summed E-state index contributed by atoms with van der Waals surface area (Å²) in [5, 5.41) is 2.07. The number of carbonyl (C=O) groups excluding carboxylic acids is 1. The normalized spacial score (nSPS) is 21.3. The number of hydrogen-bond acceptors (Lipinski definition) is 1. The molecule has 0 fully saturated rings. The summed E-state index contributed by atoms with van der Waals surface area (Å²) in [6.45, 7) is 6.04. The molecular weight excluding hydrogens is 267 g/mol. The molecule has 0 saturated carbocycles. The highest BCUT2D eigenvalue weighted by molar-refractivity contribution is 5.82. The predicted octanol–water partition coefficient (Wildman–Crippen LogP) is 4.33. The first-order chi connectivity index (χ1) is 9.39. The standard InChI is InChI=1S/C13H14F3NO.C2H6/c1-8-6-7-11(17-12(18)13(14,15)16)10-5-3-2-4-9(8)10;1-2/h2-5,8,11H,6-7H2,1H3,(H,17,18);1-2H3/t8-,11-;/m1./s1. The highest BCUT2D eigenvalue weighted by atomic mass is 19.4. The van der Waals surface area contributed by atoms with Crippen LogP contribution in [0.4, 0.5) is 13.2 Å². The van der Waals surface area contributed by atoms with Crippen LogP contribution in [0.25, 0.3) is 0 Å². The first-order valence-corrected chi connectivity index (χ1v) is 6.86. The van der Waals surface area contributed by atoms with Gasteiger partial charge in [-0.05, 0) is 29.9 Å². The zero-order valence-electron chi connectivity index (χ0n) is 11.9. The fourth-order valence-electron chi connectivity index (χ4n) is 2.39. The number of benzene rings is 1. The maximum Gasteiger partial charge on any atom is 0.471 e. The van der Waals surface area contributed by atoms with E-state index in [4.69, 9.17) is 0 Å². The van der Waals surface area contributed by atoms with Crippen molar-refractivity contribution in [3.05, 3.63) is 35.4 Å². The highest BCUT2D eigenvalue weighted by Gasteiger charge is 2.40. The van der Waals surface area contributed by atoms with Gasteiger partial charge in [-0.3, -0.25) is 4.79 Å². The first kappa shape index (κ1) is 16.5. The number of rotatable bonds is 1. The smallest absolute Gasteiger partial charge is 0.341 e. The molecule has 0 unspecified atom stereocenters. The van der Waals surface area contributed by atoms with Gasteiger partial charge in [0, 0.05) is 0 Å². The number of fused-ring (bicyclic) bond motifs is 1. The van der Waals surface area contributed by atoms with Crippen molar-refractivity contribution in [2.75, 3.05) is 0 Å². The summed E-state index contributed by atoms with van der Waals surface area (Å²) in [4.78, 5) is 11.0. The summed E-state index contributed by atoms with van der Waals surface area (Å²) in [5.41, 5.74) is 1.82. The zero-order chi connectivity index (χ0) is 15.3. The van der Waals surface area contributed by atoms with Crippen molar-refractivity contribution in [1.29, 1.82) is 0 Å². The topological polar surface area (TPSA) is 29.1 Å². The van der Waals surface area contributed by atoms with Gasteiger partial charge < -0.3 is 5.32 Å². The van der Waals surface area contributed by atoms with E-state index in [1.54, 1.807) is 12.1 Å². The fraction of sp³-hybridized carbons (Fsp3) is 0.533. The van der Waals surface area contributed by atoms with E-state index in [0.717, 1.165) is 17.5 Å². The van der Waals surface area contributed by atoms with Crippen LogP contribution in [0.2, 0.25) is 0 Å². The Kier molecular flexibility index (Phi) is 5.60. The molecule has 1 aliphatic carbocycles. The fourth-order valence-corrected chi connectivity index (χ4v) is 2.39. The van der Waals surface area contributed by atoms with E-state index in [-0.39, 0.29) is 0 Å². The molecular formula is C15H20F3NO. The minimum Gasteiger partial charge on any atom is -0.341 e. The molecule has 1 aromatic rings. The molecule has 0 spiro atoms. The van der Waals surface area contributed by atoms with E-state index in [1.165, 1.54) is 0 Å². The van der Waals surface area contributed by atoms with Crippen LogP contribution in [0.15, 0.2) is 24.3 Å². The molecule has 5 heteroatoms. The second kappa shape index (κ2) is 6.77. The molecule has 1 aliphatic rings. The lowest BCUT2D eigenvalue weighted by molar-refractivity contribution is -0.174. The molecule has 0 aliphatic heterocycles. The molecule has 0 bridgehead atoms. The SMILES string of the molecule is CC.C[C@@H]1CC[C@@H](NC(=O)C(F)(F)F)c2ccccc21. The third-order valence-corrected chi connectivity index (χ3v) is 3.35. The van der Waals surface area contributed by atoms with Crippen LogP contribution in [0, 0.1) is 0 Å². The molecule has 2 nitrogen and oxygen atoms in total. The van der Waals surface area contributed by atoms with Crippen LogP contribution in [0.3, 0.4) is 0 Å². The van der Waals surface area contributed by atoms with Gasteiger partial charge in [0.05, 0.1) is 6.04 Å². The average Bonchev–Trinajstić information content (AvgIpc) is 2.43. The van der Waals surface area contributed by atoms with Gasteiger partial charge in [0.15, 0.2) is 0 Å². The van der Waals surface area contributed by atoms with Crippen molar-refractivity contribution < 1.29 is 18.0 Å². The minimum atomic E-state index is -4.82. The predicted molar refractivity (Wildman–Crippen MR) is 72.4 cm³/mol. The Labute approximate surface area is 117 Å². The van der Waals surface area contributed by atoms with Gasteiger partial charge in [0.2, 0.25) is 0 Å². The van der Waals surface area contributed by atoms with Gasteiger partial charge >= 0.3 is 12.1 Å². The van der Waals surface area contributed by atoms with Gasteiger partial charge in [-0.25, -0.2) is 0 Å². The lowest BCUT2D eigenvalue weighted by Crippen LogP contribution is -2.40. The second-order valence-electron chi connectivity index (χ2n) is 4.63. The van der Waals surface area contributed by atoms with Crippen molar-refractivity contribution in [2.45, 2.75) is 51.7 Å². The second-order valence-corrected chi connectivity index (χ2v) is 4.63. The summed E-state index contributed by atoms with van der Waals surface area (Å²) >= 11 is 0. The number of alkyl halides is 3. The Bertz CT molecular complexity index is 457. The van der Waals surface area contributed by atoms with Crippen molar-refractivity contribution >= 4 is 5.91 Å². The molecule has 0 aromatic heterocycles. The monoisotopic (exact) mass is 287 g/mol. The van der Waals surface area contributed by atoms with Gasteiger partial charge in [-0.1, -0.05) is 45.0 Å². The molecule has 2 rings (SSSR count). The van der Waals surface area contributed by atoms with E-state index in [0.29, 0.717) is 12.3 Å². The lowest BCUT2D eigenvalue weighted by atomic mass is 9.81. The first-order valence-electron chi connectivity index (χ1n) is 6.86. The molecule has 0 saturated heterocycles. The van der Waals surface area contributed by atoms with Crippen LogP contribution in [0.1, 0.15) is 56.7 Å². The summed E-state index contributed by atoms with van der Waals surface area (Å²) in [5.74, 6) is -1.54. The molecule has 2 atom stereocenters. The highest BCUT2D eigenvalue weighted by Crippen LogP contribution is 2.37. The maximum absolute atomic E-state index is 12.2. The molecule has 0 heterocycles. The number of amides is 1. The van der Waals surface area contributed by atoms with E-state index in [2.05, 4.69) is 5.32 Å². The Morgan fingerprint density at radius 1 is 1.15 bits per heavy atom. The van der Waals surface area contributed by atoms with E-state index in [1.807, 2.05) is 32.9 Å².